The molecule has 2 heterocycles. The number of hydrogen-bond acceptors (Lipinski definition) is 6. The Morgan fingerprint density at radius 3 is 2.39 bits per heavy atom. The van der Waals surface area contributed by atoms with Gasteiger partial charge in [0.2, 0.25) is 5.88 Å². The molecule has 0 bridgehead atoms. The number of benzene rings is 1. The Balaban J connectivity index is 1.78. The van der Waals surface area contributed by atoms with Gasteiger partial charge in [0.1, 0.15) is 0 Å². The molecule has 0 saturated heterocycles. The van der Waals surface area contributed by atoms with Crippen molar-refractivity contribution < 1.29 is 27.4 Å². The molecule has 0 spiro atoms. The van der Waals surface area contributed by atoms with E-state index in [1.807, 2.05) is 19.1 Å². The lowest BCUT2D eigenvalue weighted by atomic mass is 10.1. The highest BCUT2D eigenvalue weighted by atomic mass is 19.4. The third-order valence-electron chi connectivity index (χ3n) is 4.28. The molecule has 1 aromatic carbocycles. The lowest BCUT2D eigenvalue weighted by Crippen LogP contribution is -2.26. The second kappa shape index (κ2) is 9.56. The van der Waals surface area contributed by atoms with E-state index in [1.165, 1.54) is 19.2 Å². The van der Waals surface area contributed by atoms with Crippen molar-refractivity contribution in [1.82, 2.24) is 25.3 Å². The second-order valence-corrected chi connectivity index (χ2v) is 6.39. The predicted octanol–water partition coefficient (Wildman–Crippen LogP) is 3.16. The second-order valence-electron chi connectivity index (χ2n) is 6.39. The molecule has 11 heteroatoms. The zero-order valence-electron chi connectivity index (χ0n) is 16.8. The molecule has 0 aliphatic carbocycles. The normalized spacial score (nSPS) is 11.4. The van der Waals surface area contributed by atoms with E-state index in [4.69, 9.17) is 9.47 Å². The van der Waals surface area contributed by atoms with Crippen molar-refractivity contribution in [3.63, 3.8) is 0 Å². The summed E-state index contributed by atoms with van der Waals surface area (Å²) in [6, 6.07) is 9.82. The number of halogens is 3. The van der Waals surface area contributed by atoms with Gasteiger partial charge >= 0.3 is 6.18 Å². The summed E-state index contributed by atoms with van der Waals surface area (Å²) < 4.78 is 51.8. The zero-order chi connectivity index (χ0) is 22.4. The number of alkyl halides is 3. The minimum absolute atomic E-state index is 0.0541. The lowest BCUT2D eigenvalue weighted by Gasteiger charge is -2.12. The number of methoxy groups -OCH3 is 1. The third kappa shape index (κ3) is 5.37. The monoisotopic (exact) mass is 435 g/mol. The maximum atomic E-state index is 13.7. The van der Waals surface area contributed by atoms with Crippen LogP contribution in [0.1, 0.15) is 34.1 Å². The predicted molar refractivity (Wildman–Crippen MR) is 104 cm³/mol. The summed E-state index contributed by atoms with van der Waals surface area (Å²) in [5.41, 5.74) is -0.164. The van der Waals surface area contributed by atoms with Crippen molar-refractivity contribution in [1.29, 1.82) is 0 Å². The number of nitrogens with one attached hydrogen (secondary N) is 1. The van der Waals surface area contributed by atoms with E-state index >= 15 is 0 Å². The van der Waals surface area contributed by atoms with Gasteiger partial charge in [0.05, 0.1) is 25.5 Å². The fraction of sp³-hybridized carbons (Fsp3) is 0.300. The SMILES string of the molecule is CCOCc1ccc(CNC(=O)c2cnn(-c3ccc(OC)nn3)c2C(F)(F)F)cc1. The Hall–Kier alpha value is -3.47. The molecule has 31 heavy (non-hydrogen) atoms. The maximum Gasteiger partial charge on any atom is 0.434 e. The van der Waals surface area contributed by atoms with Crippen LogP contribution in [0.5, 0.6) is 5.88 Å². The first kappa shape index (κ1) is 22.2. The lowest BCUT2D eigenvalue weighted by molar-refractivity contribution is -0.143. The summed E-state index contributed by atoms with van der Waals surface area (Å²) in [5.74, 6) is -0.967. The van der Waals surface area contributed by atoms with Gasteiger partial charge in [-0.05, 0) is 24.1 Å². The Kier molecular flexibility index (Phi) is 6.85. The van der Waals surface area contributed by atoms with E-state index < -0.39 is 23.3 Å². The third-order valence-corrected chi connectivity index (χ3v) is 4.28. The van der Waals surface area contributed by atoms with Crippen molar-refractivity contribution in [2.24, 2.45) is 0 Å². The minimum atomic E-state index is -4.84. The first-order chi connectivity index (χ1) is 14.8. The number of rotatable bonds is 8. The van der Waals surface area contributed by atoms with Crippen molar-refractivity contribution >= 4 is 5.91 Å². The molecule has 164 valence electrons. The Labute approximate surface area is 176 Å². The molecule has 3 aromatic rings. The van der Waals surface area contributed by atoms with Crippen LogP contribution in [0.2, 0.25) is 0 Å². The van der Waals surface area contributed by atoms with Gasteiger partial charge < -0.3 is 14.8 Å². The van der Waals surface area contributed by atoms with Crippen molar-refractivity contribution in [3.8, 4) is 11.7 Å². The number of aromatic nitrogens is 4. The fourth-order valence-electron chi connectivity index (χ4n) is 2.75. The van der Waals surface area contributed by atoms with Gasteiger partial charge in [-0.1, -0.05) is 24.3 Å². The van der Waals surface area contributed by atoms with E-state index in [9.17, 15) is 18.0 Å². The van der Waals surface area contributed by atoms with Crippen LogP contribution in [0.4, 0.5) is 13.2 Å². The van der Waals surface area contributed by atoms with Crippen molar-refractivity contribution in [2.45, 2.75) is 26.3 Å². The summed E-state index contributed by atoms with van der Waals surface area (Å²) in [7, 11) is 1.35. The van der Waals surface area contributed by atoms with E-state index in [0.29, 0.717) is 17.9 Å². The van der Waals surface area contributed by atoms with Crippen LogP contribution in [0.25, 0.3) is 5.82 Å². The van der Waals surface area contributed by atoms with Gasteiger partial charge in [-0.3, -0.25) is 4.79 Å². The highest BCUT2D eigenvalue weighted by molar-refractivity contribution is 5.95. The van der Waals surface area contributed by atoms with Crippen LogP contribution in [0.15, 0.2) is 42.6 Å². The minimum Gasteiger partial charge on any atom is -0.480 e. The van der Waals surface area contributed by atoms with E-state index in [1.54, 1.807) is 12.1 Å². The smallest absolute Gasteiger partial charge is 0.434 e. The van der Waals surface area contributed by atoms with E-state index in [2.05, 4.69) is 20.6 Å². The largest absolute Gasteiger partial charge is 0.480 e. The number of amides is 1. The van der Waals surface area contributed by atoms with E-state index in [0.717, 1.165) is 17.3 Å². The van der Waals surface area contributed by atoms with Crippen LogP contribution < -0.4 is 10.1 Å². The average molecular weight is 435 g/mol. The van der Waals surface area contributed by atoms with Gasteiger partial charge in [-0.15, -0.1) is 10.2 Å². The Morgan fingerprint density at radius 1 is 1.10 bits per heavy atom. The quantitative estimate of drug-likeness (QED) is 0.585. The number of hydrogen-bond donors (Lipinski definition) is 1. The molecule has 0 aliphatic rings. The summed E-state index contributed by atoms with van der Waals surface area (Å²) in [4.78, 5) is 12.5. The molecule has 0 saturated carbocycles. The summed E-state index contributed by atoms with van der Waals surface area (Å²) in [6.45, 7) is 3.00. The van der Waals surface area contributed by atoms with Crippen LogP contribution in [0, 0.1) is 0 Å². The highest BCUT2D eigenvalue weighted by Gasteiger charge is 2.41. The summed E-state index contributed by atoms with van der Waals surface area (Å²) in [5, 5.41) is 13.5. The van der Waals surface area contributed by atoms with Crippen LogP contribution >= 0.6 is 0 Å². The summed E-state index contributed by atoms with van der Waals surface area (Å²) >= 11 is 0. The van der Waals surface area contributed by atoms with Gasteiger partial charge in [0.25, 0.3) is 5.91 Å². The number of carbonyl (C=O) groups excluding carboxylic acids is 1. The molecular weight excluding hydrogens is 415 g/mol. The van der Waals surface area contributed by atoms with Gasteiger partial charge in [-0.2, -0.15) is 18.3 Å². The standard InChI is InChI=1S/C20H20F3N5O3/c1-3-31-12-14-6-4-13(5-7-14)10-24-19(29)15-11-25-28(18(15)20(21,22)23)16-8-9-17(30-2)27-26-16/h4-9,11H,3,10,12H2,1-2H3,(H,24,29). The zero-order valence-corrected chi connectivity index (χ0v) is 16.8. The molecule has 3 rings (SSSR count). The molecule has 2 aromatic heterocycles. The molecule has 0 radical (unpaired) electrons. The molecule has 0 atom stereocenters. The number of ether oxygens (including phenoxy) is 2. The number of carbonyl (C=O) groups is 1. The topological polar surface area (TPSA) is 91.2 Å². The fourth-order valence-corrected chi connectivity index (χ4v) is 2.75. The van der Waals surface area contributed by atoms with Crippen LogP contribution in [0.3, 0.4) is 0 Å². The average Bonchev–Trinajstić information content (AvgIpc) is 3.23. The molecule has 0 aliphatic heterocycles. The summed E-state index contributed by atoms with van der Waals surface area (Å²) in [6.07, 6.45) is -3.99. The highest BCUT2D eigenvalue weighted by Crippen LogP contribution is 2.33. The molecule has 8 nitrogen and oxygen atoms in total. The van der Waals surface area contributed by atoms with E-state index in [-0.39, 0.29) is 18.2 Å². The van der Waals surface area contributed by atoms with Crippen molar-refractivity contribution in [3.05, 3.63) is 65.0 Å². The van der Waals surface area contributed by atoms with Gasteiger partial charge in [0, 0.05) is 19.2 Å². The van der Waals surface area contributed by atoms with Gasteiger partial charge in [-0.25, -0.2) is 4.68 Å². The van der Waals surface area contributed by atoms with Crippen molar-refractivity contribution in [2.75, 3.05) is 13.7 Å². The Bertz CT molecular complexity index is 1020. The molecule has 1 N–H and O–H groups in total. The maximum absolute atomic E-state index is 13.7. The first-order valence-electron chi connectivity index (χ1n) is 9.30. The molecule has 0 fully saturated rings. The number of nitrogens with zero attached hydrogens (tertiary/aromatic N) is 4. The molecule has 1 amide bonds. The van der Waals surface area contributed by atoms with Crippen LogP contribution in [-0.4, -0.2) is 39.6 Å². The van der Waals surface area contributed by atoms with Crippen LogP contribution in [-0.2, 0) is 24.1 Å². The first-order valence-corrected chi connectivity index (χ1v) is 9.30. The van der Waals surface area contributed by atoms with Gasteiger partial charge in [0.15, 0.2) is 11.5 Å². The molecule has 0 unspecified atom stereocenters. The Morgan fingerprint density at radius 2 is 1.81 bits per heavy atom. The molecular formula is C20H20F3N5O3.